The van der Waals surface area contributed by atoms with Crippen LogP contribution in [0.5, 0.6) is 0 Å². The predicted octanol–water partition coefficient (Wildman–Crippen LogP) is 1.90. The van der Waals surface area contributed by atoms with E-state index < -0.39 is 10.0 Å². The van der Waals surface area contributed by atoms with Crippen LogP contribution < -0.4 is 14.9 Å². The molecule has 0 saturated heterocycles. The summed E-state index contributed by atoms with van der Waals surface area (Å²) in [5, 5.41) is 2.80. The Morgan fingerprint density at radius 2 is 1.82 bits per heavy atom. The van der Waals surface area contributed by atoms with Crippen LogP contribution in [0.15, 0.2) is 53.4 Å². The number of nitrogens with zero attached hydrogens (tertiary/aromatic N) is 1. The van der Waals surface area contributed by atoms with E-state index in [0.29, 0.717) is 16.8 Å². The number of rotatable bonds is 7. The Morgan fingerprint density at radius 1 is 1.11 bits per heavy atom. The largest absolute Gasteiger partial charge is 0.348 e. The fourth-order valence-electron chi connectivity index (χ4n) is 2.90. The van der Waals surface area contributed by atoms with Gasteiger partial charge in [-0.05, 0) is 49.7 Å². The molecule has 3 rings (SSSR count). The first-order chi connectivity index (χ1) is 13.3. The number of hydrogen-bond donors (Lipinski definition) is 2. The smallest absolute Gasteiger partial charge is 0.253 e. The molecule has 0 atom stereocenters. The van der Waals surface area contributed by atoms with Gasteiger partial charge in [0.25, 0.3) is 5.91 Å². The van der Waals surface area contributed by atoms with Gasteiger partial charge in [-0.2, -0.15) is 0 Å². The summed E-state index contributed by atoms with van der Waals surface area (Å²) in [5.74, 6) is -0.254. The molecule has 0 aromatic heterocycles. The minimum absolute atomic E-state index is 0.0187. The highest BCUT2D eigenvalue weighted by Gasteiger charge is 2.33. The van der Waals surface area contributed by atoms with E-state index in [9.17, 15) is 18.0 Å². The third-order valence-electron chi connectivity index (χ3n) is 4.70. The number of amides is 2. The van der Waals surface area contributed by atoms with Crippen molar-refractivity contribution in [1.82, 2.24) is 10.0 Å². The first-order valence-electron chi connectivity index (χ1n) is 9.01. The number of nitrogens with one attached hydrogen (secondary N) is 2. The van der Waals surface area contributed by atoms with Gasteiger partial charge < -0.3 is 10.2 Å². The number of para-hydroxylation sites is 1. The summed E-state index contributed by atoms with van der Waals surface area (Å²) in [4.78, 5) is 26.7. The van der Waals surface area contributed by atoms with Gasteiger partial charge >= 0.3 is 0 Å². The monoisotopic (exact) mass is 401 g/mol. The van der Waals surface area contributed by atoms with E-state index in [1.165, 1.54) is 24.1 Å². The van der Waals surface area contributed by atoms with Crippen molar-refractivity contribution in [2.24, 2.45) is 5.92 Å². The zero-order valence-electron chi connectivity index (χ0n) is 15.8. The zero-order valence-corrected chi connectivity index (χ0v) is 16.6. The molecule has 0 bridgehead atoms. The van der Waals surface area contributed by atoms with Gasteiger partial charge in [-0.3, -0.25) is 9.59 Å². The summed E-state index contributed by atoms with van der Waals surface area (Å²) in [6.07, 6.45) is 1.78. The van der Waals surface area contributed by atoms with E-state index >= 15 is 0 Å². The maximum absolute atomic E-state index is 12.7. The molecule has 1 saturated carbocycles. The van der Waals surface area contributed by atoms with E-state index in [4.69, 9.17) is 0 Å². The number of carbonyl (C=O) groups excluding carboxylic acids is 2. The van der Waals surface area contributed by atoms with E-state index in [0.717, 1.165) is 12.8 Å². The average molecular weight is 401 g/mol. The maximum Gasteiger partial charge on any atom is 0.253 e. The molecular formula is C20H23N3O4S. The molecule has 2 amide bonds. The Balaban J connectivity index is 1.74. The average Bonchev–Trinajstić information content (AvgIpc) is 3.56. The van der Waals surface area contributed by atoms with Gasteiger partial charge in [0.2, 0.25) is 15.9 Å². The highest BCUT2D eigenvalue weighted by Crippen LogP contribution is 2.33. The molecule has 0 unspecified atom stereocenters. The van der Waals surface area contributed by atoms with Crippen LogP contribution in [0.25, 0.3) is 0 Å². The van der Waals surface area contributed by atoms with Crippen molar-refractivity contribution >= 4 is 27.5 Å². The molecule has 0 aliphatic heterocycles. The lowest BCUT2D eigenvalue weighted by molar-refractivity contribution is -0.119. The first-order valence-corrected chi connectivity index (χ1v) is 10.5. The van der Waals surface area contributed by atoms with Crippen LogP contribution in [0.1, 0.15) is 28.8 Å². The Bertz CT molecular complexity index is 1000. The standard InChI is InChI=1S/C20H23N3O4S/c1-21-28(26,27)16-7-5-6-14(12-16)13-22-19(24)17-8-3-4-9-18(17)23(2)20(25)15-10-11-15/h3-9,12,15,21H,10-11,13H2,1-2H3,(H,22,24). The normalized spacial score (nSPS) is 13.8. The van der Waals surface area contributed by atoms with Crippen LogP contribution in [-0.4, -0.2) is 34.3 Å². The lowest BCUT2D eigenvalue weighted by Gasteiger charge is -2.20. The SMILES string of the molecule is CNS(=O)(=O)c1cccc(CNC(=O)c2ccccc2N(C)C(=O)C2CC2)c1. The van der Waals surface area contributed by atoms with E-state index in [2.05, 4.69) is 10.0 Å². The molecule has 1 fully saturated rings. The predicted molar refractivity (Wildman–Crippen MR) is 106 cm³/mol. The lowest BCUT2D eigenvalue weighted by atomic mass is 10.1. The van der Waals surface area contributed by atoms with E-state index in [1.807, 2.05) is 0 Å². The molecule has 28 heavy (non-hydrogen) atoms. The molecule has 7 nitrogen and oxygen atoms in total. The van der Waals surface area contributed by atoms with Gasteiger partial charge in [-0.25, -0.2) is 13.1 Å². The van der Waals surface area contributed by atoms with Crippen molar-refractivity contribution in [3.8, 4) is 0 Å². The van der Waals surface area contributed by atoms with Gasteiger partial charge in [0.15, 0.2) is 0 Å². The fraction of sp³-hybridized carbons (Fsp3) is 0.300. The van der Waals surface area contributed by atoms with Gasteiger partial charge in [0, 0.05) is 19.5 Å². The minimum atomic E-state index is -3.55. The first kappa shape index (κ1) is 20.0. The number of sulfonamides is 1. The second-order valence-electron chi connectivity index (χ2n) is 6.73. The molecule has 0 spiro atoms. The van der Waals surface area contributed by atoms with Gasteiger partial charge in [0.1, 0.15) is 0 Å². The van der Waals surface area contributed by atoms with Crippen molar-refractivity contribution in [3.63, 3.8) is 0 Å². The van der Waals surface area contributed by atoms with E-state index in [1.54, 1.807) is 43.4 Å². The topological polar surface area (TPSA) is 95.6 Å². The molecule has 148 valence electrons. The lowest BCUT2D eigenvalue weighted by Crippen LogP contribution is -2.31. The van der Waals surface area contributed by atoms with Crippen LogP contribution in [-0.2, 0) is 21.4 Å². The maximum atomic E-state index is 12.7. The van der Waals surface area contributed by atoms with Crippen LogP contribution in [0, 0.1) is 5.92 Å². The van der Waals surface area contributed by atoms with Crippen LogP contribution in [0.4, 0.5) is 5.69 Å². The molecule has 2 aromatic rings. The summed E-state index contributed by atoms with van der Waals surface area (Å²) in [6, 6.07) is 13.3. The third kappa shape index (κ3) is 4.40. The summed E-state index contributed by atoms with van der Waals surface area (Å²) in [7, 11) is -0.521. The van der Waals surface area contributed by atoms with Gasteiger partial charge in [0.05, 0.1) is 16.1 Å². The quantitative estimate of drug-likeness (QED) is 0.741. The third-order valence-corrected chi connectivity index (χ3v) is 6.11. The molecular weight excluding hydrogens is 378 g/mol. The number of carbonyl (C=O) groups is 2. The number of hydrogen-bond acceptors (Lipinski definition) is 4. The van der Waals surface area contributed by atoms with Crippen molar-refractivity contribution < 1.29 is 18.0 Å². The van der Waals surface area contributed by atoms with Crippen LogP contribution in [0.2, 0.25) is 0 Å². The Hall–Kier alpha value is -2.71. The zero-order chi connectivity index (χ0) is 20.3. The second-order valence-corrected chi connectivity index (χ2v) is 8.61. The Kier molecular flexibility index (Phi) is 5.81. The molecule has 0 radical (unpaired) electrons. The van der Waals surface area contributed by atoms with Crippen molar-refractivity contribution in [2.45, 2.75) is 24.3 Å². The van der Waals surface area contributed by atoms with Crippen LogP contribution >= 0.6 is 0 Å². The van der Waals surface area contributed by atoms with Crippen molar-refractivity contribution in [1.29, 1.82) is 0 Å². The fourth-order valence-corrected chi connectivity index (χ4v) is 3.70. The Morgan fingerprint density at radius 3 is 2.50 bits per heavy atom. The highest BCUT2D eigenvalue weighted by molar-refractivity contribution is 7.89. The number of anilines is 1. The molecule has 8 heteroatoms. The van der Waals surface area contributed by atoms with E-state index in [-0.39, 0.29) is 29.2 Å². The molecule has 1 aliphatic carbocycles. The second kappa shape index (κ2) is 8.12. The summed E-state index contributed by atoms with van der Waals surface area (Å²) in [5.41, 5.74) is 1.62. The molecule has 1 aliphatic rings. The molecule has 2 aromatic carbocycles. The summed E-state index contributed by atoms with van der Waals surface area (Å²) >= 11 is 0. The van der Waals surface area contributed by atoms with Crippen molar-refractivity contribution in [3.05, 3.63) is 59.7 Å². The molecule has 0 heterocycles. The molecule has 2 N–H and O–H groups in total. The van der Waals surface area contributed by atoms with Gasteiger partial charge in [-0.15, -0.1) is 0 Å². The minimum Gasteiger partial charge on any atom is -0.348 e. The van der Waals surface area contributed by atoms with Gasteiger partial charge in [-0.1, -0.05) is 24.3 Å². The summed E-state index contributed by atoms with van der Waals surface area (Å²) < 4.78 is 26.1. The highest BCUT2D eigenvalue weighted by atomic mass is 32.2. The van der Waals surface area contributed by atoms with Crippen LogP contribution in [0.3, 0.4) is 0 Å². The number of benzene rings is 2. The Labute approximate surface area is 164 Å². The summed E-state index contributed by atoms with van der Waals surface area (Å²) in [6.45, 7) is 0.167. The van der Waals surface area contributed by atoms with Crippen molar-refractivity contribution in [2.75, 3.05) is 19.0 Å².